The average Bonchev–Trinajstić information content (AvgIpc) is 2.80. The van der Waals surface area contributed by atoms with Gasteiger partial charge in [0.25, 0.3) is 0 Å². The van der Waals surface area contributed by atoms with Crippen LogP contribution in [-0.2, 0) is 0 Å². The lowest BCUT2D eigenvalue weighted by Gasteiger charge is -2.59. The summed E-state index contributed by atoms with van der Waals surface area (Å²) in [5.41, 5.74) is 1.11. The van der Waals surface area contributed by atoms with Crippen molar-refractivity contribution < 1.29 is 10.2 Å². The molecule has 4 aliphatic carbocycles. The molecular formula is C22H32O2. The van der Waals surface area contributed by atoms with Crippen molar-refractivity contribution in [1.82, 2.24) is 0 Å². The van der Waals surface area contributed by atoms with Crippen LogP contribution in [0.15, 0.2) is 11.6 Å². The van der Waals surface area contributed by atoms with Gasteiger partial charge in [-0.2, -0.15) is 0 Å². The molecule has 3 fully saturated rings. The molecule has 0 amide bonds. The van der Waals surface area contributed by atoms with Crippen LogP contribution in [0.3, 0.4) is 0 Å². The predicted molar refractivity (Wildman–Crippen MR) is 96.1 cm³/mol. The first-order valence-corrected chi connectivity index (χ1v) is 9.87. The Morgan fingerprint density at radius 3 is 2.67 bits per heavy atom. The SMILES string of the molecule is C#CC[C@]1(O)CC[C@H]2[C@@H]3CC=C4C[C@@H](O)CC[C@]4(C)[C@H]3CC[C@@]21C. The summed E-state index contributed by atoms with van der Waals surface area (Å²) in [5.74, 6) is 4.74. The second-order valence-corrected chi connectivity index (χ2v) is 9.56. The zero-order valence-electron chi connectivity index (χ0n) is 15.2. The molecule has 4 aliphatic rings. The van der Waals surface area contributed by atoms with Crippen molar-refractivity contribution in [2.75, 3.05) is 0 Å². The molecule has 2 N–H and O–H groups in total. The maximum atomic E-state index is 11.3. The molecule has 0 aromatic rings. The molecule has 0 aliphatic heterocycles. The highest BCUT2D eigenvalue weighted by Crippen LogP contribution is 2.67. The van der Waals surface area contributed by atoms with Gasteiger partial charge in [-0.05, 0) is 74.5 Å². The second-order valence-electron chi connectivity index (χ2n) is 9.56. The Morgan fingerprint density at radius 1 is 1.17 bits per heavy atom. The van der Waals surface area contributed by atoms with Gasteiger partial charge in [-0.1, -0.05) is 25.5 Å². The minimum absolute atomic E-state index is 0.0174. The van der Waals surface area contributed by atoms with Crippen molar-refractivity contribution in [2.24, 2.45) is 28.6 Å². The summed E-state index contributed by atoms with van der Waals surface area (Å²) < 4.78 is 0. The van der Waals surface area contributed by atoms with E-state index in [4.69, 9.17) is 6.42 Å². The Balaban J connectivity index is 1.67. The third-order valence-corrected chi connectivity index (χ3v) is 8.79. The summed E-state index contributed by atoms with van der Waals surface area (Å²) in [6.07, 6.45) is 16.8. The van der Waals surface area contributed by atoms with Crippen molar-refractivity contribution >= 4 is 0 Å². The van der Waals surface area contributed by atoms with Gasteiger partial charge >= 0.3 is 0 Å². The Hall–Kier alpha value is -0.780. The van der Waals surface area contributed by atoms with Gasteiger partial charge in [0.2, 0.25) is 0 Å². The number of aliphatic hydroxyl groups excluding tert-OH is 1. The topological polar surface area (TPSA) is 40.5 Å². The highest BCUT2D eigenvalue weighted by molar-refractivity contribution is 5.26. The minimum atomic E-state index is -0.662. The zero-order valence-corrected chi connectivity index (χ0v) is 15.2. The molecule has 132 valence electrons. The molecule has 24 heavy (non-hydrogen) atoms. The third kappa shape index (κ3) is 2.04. The molecule has 0 unspecified atom stereocenters. The Bertz CT molecular complexity index is 602. The Labute approximate surface area is 146 Å². The standard InChI is InChI=1S/C22H32O2/c1-4-10-22(24)13-9-19-17-6-5-15-14-16(23)7-11-20(15,2)18(17)8-12-21(19,22)3/h1,5,16-19,23-24H,6-14H2,2-3H3/t16-,17+,18-,19-,20-,21-,22-/m0/s1. The number of hydrogen-bond acceptors (Lipinski definition) is 2. The van der Waals surface area contributed by atoms with E-state index in [9.17, 15) is 10.2 Å². The lowest BCUT2D eigenvalue weighted by molar-refractivity contribution is -0.122. The van der Waals surface area contributed by atoms with Crippen LogP contribution in [0.5, 0.6) is 0 Å². The first kappa shape index (κ1) is 16.7. The molecule has 2 nitrogen and oxygen atoms in total. The van der Waals surface area contributed by atoms with Gasteiger partial charge in [-0.25, -0.2) is 0 Å². The summed E-state index contributed by atoms with van der Waals surface area (Å²) in [6.45, 7) is 4.76. The van der Waals surface area contributed by atoms with Crippen LogP contribution in [0.4, 0.5) is 0 Å². The lowest BCUT2D eigenvalue weighted by atomic mass is 9.47. The Kier molecular flexibility index (Phi) is 3.72. The summed E-state index contributed by atoms with van der Waals surface area (Å²) in [5, 5.41) is 21.4. The van der Waals surface area contributed by atoms with Gasteiger partial charge in [0.15, 0.2) is 0 Å². The molecule has 2 heteroatoms. The predicted octanol–water partition coefficient (Wildman–Crippen LogP) is 4.06. The number of terminal acetylenes is 1. The monoisotopic (exact) mass is 328 g/mol. The number of allylic oxidation sites excluding steroid dienone is 1. The van der Waals surface area contributed by atoms with E-state index in [2.05, 4.69) is 25.8 Å². The summed E-state index contributed by atoms with van der Waals surface area (Å²) in [7, 11) is 0. The first-order chi connectivity index (χ1) is 11.3. The van der Waals surface area contributed by atoms with Gasteiger partial charge in [-0.15, -0.1) is 12.3 Å². The molecular weight excluding hydrogens is 296 g/mol. The zero-order chi connectivity index (χ0) is 17.2. The number of rotatable bonds is 1. The molecule has 0 bridgehead atoms. The summed E-state index contributed by atoms with van der Waals surface area (Å²) in [4.78, 5) is 0. The normalized spacial score (nSPS) is 53.4. The fourth-order valence-corrected chi connectivity index (χ4v) is 7.21. The molecule has 0 saturated heterocycles. The smallest absolute Gasteiger partial charge is 0.0812 e. The van der Waals surface area contributed by atoms with E-state index in [1.165, 1.54) is 12.0 Å². The van der Waals surface area contributed by atoms with Gasteiger partial charge < -0.3 is 10.2 Å². The van der Waals surface area contributed by atoms with E-state index >= 15 is 0 Å². The van der Waals surface area contributed by atoms with E-state index in [1.54, 1.807) is 0 Å². The molecule has 7 atom stereocenters. The van der Waals surface area contributed by atoms with Gasteiger partial charge in [0, 0.05) is 11.8 Å². The van der Waals surface area contributed by atoms with Crippen molar-refractivity contribution in [3.63, 3.8) is 0 Å². The van der Waals surface area contributed by atoms with Crippen LogP contribution < -0.4 is 0 Å². The van der Waals surface area contributed by atoms with Crippen LogP contribution in [0.2, 0.25) is 0 Å². The van der Waals surface area contributed by atoms with E-state index in [-0.39, 0.29) is 16.9 Å². The number of aliphatic hydroxyl groups is 2. The van der Waals surface area contributed by atoms with Crippen LogP contribution in [0, 0.1) is 40.9 Å². The fraction of sp³-hybridized carbons (Fsp3) is 0.818. The van der Waals surface area contributed by atoms with Crippen LogP contribution in [0.1, 0.15) is 71.6 Å². The van der Waals surface area contributed by atoms with E-state index in [0.717, 1.165) is 50.9 Å². The van der Waals surface area contributed by atoms with Crippen molar-refractivity contribution in [3.05, 3.63) is 11.6 Å². The molecule has 0 radical (unpaired) electrons. The molecule has 0 aromatic carbocycles. The molecule has 0 aromatic heterocycles. The summed E-state index contributed by atoms with van der Waals surface area (Å²) >= 11 is 0. The van der Waals surface area contributed by atoms with E-state index < -0.39 is 5.60 Å². The number of hydrogen-bond donors (Lipinski definition) is 2. The highest BCUT2D eigenvalue weighted by Gasteiger charge is 2.63. The van der Waals surface area contributed by atoms with Crippen LogP contribution >= 0.6 is 0 Å². The van der Waals surface area contributed by atoms with Crippen molar-refractivity contribution in [2.45, 2.75) is 83.3 Å². The first-order valence-electron chi connectivity index (χ1n) is 9.87. The van der Waals surface area contributed by atoms with Gasteiger partial charge in [-0.3, -0.25) is 0 Å². The minimum Gasteiger partial charge on any atom is -0.393 e. The third-order valence-electron chi connectivity index (χ3n) is 8.79. The van der Waals surface area contributed by atoms with Gasteiger partial charge in [0.05, 0.1) is 11.7 Å². The molecule has 0 spiro atoms. The van der Waals surface area contributed by atoms with E-state index in [0.29, 0.717) is 18.3 Å². The largest absolute Gasteiger partial charge is 0.393 e. The van der Waals surface area contributed by atoms with Crippen LogP contribution in [0.25, 0.3) is 0 Å². The highest BCUT2D eigenvalue weighted by atomic mass is 16.3. The lowest BCUT2D eigenvalue weighted by Crippen LogP contribution is -2.54. The van der Waals surface area contributed by atoms with Crippen molar-refractivity contribution in [1.29, 1.82) is 0 Å². The fourth-order valence-electron chi connectivity index (χ4n) is 7.21. The average molecular weight is 328 g/mol. The van der Waals surface area contributed by atoms with E-state index in [1.807, 2.05) is 0 Å². The van der Waals surface area contributed by atoms with Crippen molar-refractivity contribution in [3.8, 4) is 12.3 Å². The number of fused-ring (bicyclic) bond motifs is 5. The summed E-state index contributed by atoms with van der Waals surface area (Å²) in [6, 6.07) is 0. The maximum absolute atomic E-state index is 11.3. The second kappa shape index (κ2) is 5.36. The van der Waals surface area contributed by atoms with Crippen LogP contribution in [-0.4, -0.2) is 21.9 Å². The maximum Gasteiger partial charge on any atom is 0.0812 e. The molecule has 3 saturated carbocycles. The quantitative estimate of drug-likeness (QED) is 0.563. The molecule has 0 heterocycles. The van der Waals surface area contributed by atoms with Gasteiger partial charge in [0.1, 0.15) is 0 Å². The Morgan fingerprint density at radius 2 is 1.92 bits per heavy atom. The molecule has 4 rings (SSSR count).